The first-order valence-electron chi connectivity index (χ1n) is 7.75. The predicted molar refractivity (Wildman–Crippen MR) is 98.7 cm³/mol. The topological polar surface area (TPSA) is 63.2 Å². The maximum absolute atomic E-state index is 11.7. The first-order valence-corrected chi connectivity index (χ1v) is 7.75. The van der Waals surface area contributed by atoms with Crippen molar-refractivity contribution in [3.8, 4) is 0 Å². The van der Waals surface area contributed by atoms with Crippen LogP contribution in [0.1, 0.15) is 26.7 Å². The van der Waals surface area contributed by atoms with Gasteiger partial charge in [-0.3, -0.25) is 9.79 Å². The Morgan fingerprint density at radius 2 is 2.09 bits per heavy atom. The van der Waals surface area contributed by atoms with Crippen molar-refractivity contribution in [3.63, 3.8) is 0 Å². The van der Waals surface area contributed by atoms with Crippen LogP contribution in [0.2, 0.25) is 0 Å². The van der Waals surface area contributed by atoms with E-state index in [4.69, 9.17) is 9.47 Å². The fraction of sp³-hybridized carbons (Fsp3) is 0.867. The monoisotopic (exact) mass is 427 g/mol. The highest BCUT2D eigenvalue weighted by atomic mass is 127. The number of halogens is 1. The number of ether oxygens (including phenoxy) is 2. The molecule has 130 valence electrons. The molecule has 0 aromatic carbocycles. The summed E-state index contributed by atoms with van der Waals surface area (Å²) in [4.78, 5) is 18.1. The SMILES string of the molecule is CCCCOCCNC(=NC)N1CC(C)C(C(=O)OC)C1.I. The maximum atomic E-state index is 11.7. The lowest BCUT2D eigenvalue weighted by Crippen LogP contribution is -2.41. The molecule has 0 spiro atoms. The Morgan fingerprint density at radius 1 is 1.36 bits per heavy atom. The molecule has 22 heavy (non-hydrogen) atoms. The molecule has 1 aliphatic heterocycles. The zero-order valence-corrected chi connectivity index (χ0v) is 16.5. The minimum absolute atomic E-state index is 0. The smallest absolute Gasteiger partial charge is 0.310 e. The number of methoxy groups -OCH3 is 1. The van der Waals surface area contributed by atoms with Crippen molar-refractivity contribution in [3.05, 3.63) is 0 Å². The van der Waals surface area contributed by atoms with Gasteiger partial charge >= 0.3 is 5.97 Å². The van der Waals surface area contributed by atoms with Crippen molar-refractivity contribution in [2.75, 3.05) is 47.0 Å². The van der Waals surface area contributed by atoms with Gasteiger partial charge in [-0.05, 0) is 12.3 Å². The zero-order valence-electron chi connectivity index (χ0n) is 14.1. The molecule has 6 nitrogen and oxygen atoms in total. The number of guanidine groups is 1. The van der Waals surface area contributed by atoms with Crippen molar-refractivity contribution >= 4 is 35.9 Å². The van der Waals surface area contributed by atoms with Gasteiger partial charge in [0.15, 0.2) is 5.96 Å². The highest BCUT2D eigenvalue weighted by Gasteiger charge is 2.36. The van der Waals surface area contributed by atoms with Gasteiger partial charge in [-0.15, -0.1) is 24.0 Å². The van der Waals surface area contributed by atoms with Crippen molar-refractivity contribution in [1.82, 2.24) is 10.2 Å². The molecule has 1 N–H and O–H groups in total. The first kappa shape index (κ1) is 21.4. The number of aliphatic imine (C=N–C) groups is 1. The molecule has 1 heterocycles. The Kier molecular flexibility index (Phi) is 11.6. The van der Waals surface area contributed by atoms with E-state index in [2.05, 4.69) is 29.1 Å². The summed E-state index contributed by atoms with van der Waals surface area (Å²) in [5.74, 6) is 0.891. The normalized spacial score (nSPS) is 21.5. The molecule has 2 unspecified atom stereocenters. The summed E-state index contributed by atoms with van der Waals surface area (Å²) in [5, 5.41) is 3.29. The van der Waals surface area contributed by atoms with Crippen LogP contribution in [0.5, 0.6) is 0 Å². The Balaban J connectivity index is 0.00000441. The van der Waals surface area contributed by atoms with Gasteiger partial charge in [0.05, 0.1) is 19.6 Å². The highest BCUT2D eigenvalue weighted by Crippen LogP contribution is 2.23. The average Bonchev–Trinajstić information content (AvgIpc) is 2.87. The maximum Gasteiger partial charge on any atom is 0.310 e. The molecule has 1 rings (SSSR count). The van der Waals surface area contributed by atoms with Crippen LogP contribution in [-0.4, -0.2) is 63.8 Å². The minimum Gasteiger partial charge on any atom is -0.469 e. The second-order valence-corrected chi connectivity index (χ2v) is 5.45. The van der Waals surface area contributed by atoms with E-state index in [0.29, 0.717) is 13.2 Å². The summed E-state index contributed by atoms with van der Waals surface area (Å²) in [6.45, 7) is 7.90. The molecule has 0 saturated carbocycles. The number of nitrogens with zero attached hydrogens (tertiary/aromatic N) is 2. The molecule has 7 heteroatoms. The number of nitrogens with one attached hydrogen (secondary N) is 1. The van der Waals surface area contributed by atoms with Gasteiger partial charge in [0.1, 0.15) is 0 Å². The van der Waals surface area contributed by atoms with Crippen LogP contribution < -0.4 is 5.32 Å². The van der Waals surface area contributed by atoms with Gasteiger partial charge in [-0.2, -0.15) is 0 Å². The molecule has 1 fully saturated rings. The van der Waals surface area contributed by atoms with Crippen LogP contribution in [0, 0.1) is 11.8 Å². The van der Waals surface area contributed by atoms with Crippen molar-refractivity contribution in [1.29, 1.82) is 0 Å². The van der Waals surface area contributed by atoms with Crippen molar-refractivity contribution in [2.45, 2.75) is 26.7 Å². The third-order valence-corrected chi connectivity index (χ3v) is 3.80. The van der Waals surface area contributed by atoms with Crippen molar-refractivity contribution in [2.24, 2.45) is 16.8 Å². The molecule has 0 aliphatic carbocycles. The van der Waals surface area contributed by atoms with Gasteiger partial charge in [-0.25, -0.2) is 0 Å². The Hall–Kier alpha value is -0.570. The van der Waals surface area contributed by atoms with E-state index in [1.165, 1.54) is 7.11 Å². The molecule has 0 aromatic heterocycles. The summed E-state index contributed by atoms with van der Waals surface area (Å²) in [7, 11) is 3.20. The van der Waals surface area contributed by atoms with Crippen LogP contribution in [0.15, 0.2) is 4.99 Å². The predicted octanol–water partition coefficient (Wildman–Crippen LogP) is 1.74. The van der Waals surface area contributed by atoms with Gasteiger partial charge in [0, 0.05) is 33.3 Å². The van der Waals surface area contributed by atoms with Gasteiger partial charge in [-0.1, -0.05) is 20.3 Å². The molecular formula is C15H30IN3O3. The lowest BCUT2D eigenvalue weighted by molar-refractivity contribution is -0.145. The Bertz CT molecular complexity index is 353. The number of carbonyl (C=O) groups is 1. The Morgan fingerprint density at radius 3 is 2.68 bits per heavy atom. The van der Waals surface area contributed by atoms with Crippen LogP contribution in [0.25, 0.3) is 0 Å². The largest absolute Gasteiger partial charge is 0.469 e. The van der Waals surface area contributed by atoms with Crippen molar-refractivity contribution < 1.29 is 14.3 Å². The highest BCUT2D eigenvalue weighted by molar-refractivity contribution is 14.0. The summed E-state index contributed by atoms with van der Waals surface area (Å²) in [6.07, 6.45) is 2.24. The number of hydrogen-bond donors (Lipinski definition) is 1. The molecule has 1 aliphatic rings. The van der Waals surface area contributed by atoms with E-state index in [0.717, 1.165) is 38.5 Å². The van der Waals surface area contributed by atoms with E-state index < -0.39 is 0 Å². The average molecular weight is 427 g/mol. The number of carbonyl (C=O) groups excluding carboxylic acids is 1. The molecular weight excluding hydrogens is 397 g/mol. The quantitative estimate of drug-likeness (QED) is 0.221. The molecule has 1 saturated heterocycles. The van der Waals surface area contributed by atoms with Gasteiger partial charge < -0.3 is 19.7 Å². The number of hydrogen-bond acceptors (Lipinski definition) is 4. The summed E-state index contributed by atoms with van der Waals surface area (Å²) >= 11 is 0. The van der Waals surface area contributed by atoms with Gasteiger partial charge in [0.2, 0.25) is 0 Å². The fourth-order valence-corrected chi connectivity index (χ4v) is 2.51. The summed E-state index contributed by atoms with van der Waals surface area (Å²) in [5.41, 5.74) is 0. The van der Waals surface area contributed by atoms with E-state index in [1.54, 1.807) is 7.05 Å². The van der Waals surface area contributed by atoms with Crippen LogP contribution in [0.4, 0.5) is 0 Å². The fourth-order valence-electron chi connectivity index (χ4n) is 2.51. The second-order valence-electron chi connectivity index (χ2n) is 5.45. The van der Waals surface area contributed by atoms with E-state index in [9.17, 15) is 4.79 Å². The van der Waals surface area contributed by atoms with E-state index in [-0.39, 0.29) is 41.8 Å². The lowest BCUT2D eigenvalue weighted by atomic mass is 9.99. The lowest BCUT2D eigenvalue weighted by Gasteiger charge is -2.21. The zero-order chi connectivity index (χ0) is 15.7. The third kappa shape index (κ3) is 6.68. The number of rotatable bonds is 7. The van der Waals surface area contributed by atoms with Crippen LogP contribution in [0.3, 0.4) is 0 Å². The number of unbranched alkanes of at least 4 members (excludes halogenated alkanes) is 1. The number of esters is 1. The van der Waals surface area contributed by atoms with Crippen LogP contribution in [-0.2, 0) is 14.3 Å². The second kappa shape index (κ2) is 11.9. The molecule has 0 bridgehead atoms. The Labute approximate surface area is 151 Å². The van der Waals surface area contributed by atoms with Gasteiger partial charge in [0.25, 0.3) is 0 Å². The summed E-state index contributed by atoms with van der Waals surface area (Å²) < 4.78 is 10.4. The van der Waals surface area contributed by atoms with E-state index >= 15 is 0 Å². The molecule has 0 amide bonds. The summed E-state index contributed by atoms with van der Waals surface area (Å²) in [6, 6.07) is 0. The molecule has 0 radical (unpaired) electrons. The minimum atomic E-state index is -0.136. The van der Waals surface area contributed by atoms with Crippen LogP contribution >= 0.6 is 24.0 Å². The molecule has 0 aromatic rings. The third-order valence-electron chi connectivity index (χ3n) is 3.80. The standard InChI is InChI=1S/C15H29N3O3.HI/c1-5-6-8-21-9-7-17-15(16-3)18-10-12(2)13(11-18)14(19)20-4;/h12-13H,5-11H2,1-4H3,(H,16,17);1H. The number of likely N-dealkylation sites (tertiary alicyclic amines) is 1. The van der Waals surface area contributed by atoms with E-state index in [1.807, 2.05) is 0 Å². The molecule has 2 atom stereocenters. The first-order chi connectivity index (χ1) is 10.1.